The number of benzene rings is 1. The van der Waals surface area contributed by atoms with Crippen LogP contribution in [-0.4, -0.2) is 46.0 Å². The maximum atomic E-state index is 11.3. The molecule has 1 aromatic carbocycles. The second kappa shape index (κ2) is 8.91. The lowest BCUT2D eigenvalue weighted by atomic mass is 9.92. The number of hydrogen-bond donors (Lipinski definition) is 2. The smallest absolute Gasteiger partial charge is 0.191 e. The number of halogens is 1. The zero-order chi connectivity index (χ0) is 18.0. The molecule has 4 unspecified atom stereocenters. The monoisotopic (exact) mass is 491 g/mol. The van der Waals surface area contributed by atoms with Gasteiger partial charge in [-0.2, -0.15) is 0 Å². The molecule has 0 bridgehead atoms. The number of rotatable bonds is 6. The van der Waals surface area contributed by atoms with Gasteiger partial charge in [0.2, 0.25) is 0 Å². The number of aliphatic imine (C=N–C) groups is 1. The van der Waals surface area contributed by atoms with Gasteiger partial charge in [0, 0.05) is 25.9 Å². The molecular formula is C19H30IN3O2S. The topological polar surface area (TPSA) is 70.6 Å². The van der Waals surface area contributed by atoms with E-state index in [4.69, 9.17) is 0 Å². The lowest BCUT2D eigenvalue weighted by Gasteiger charge is -2.17. The van der Waals surface area contributed by atoms with E-state index >= 15 is 0 Å². The van der Waals surface area contributed by atoms with E-state index in [-0.39, 0.29) is 35.8 Å². The Bertz CT molecular complexity index is 751. The summed E-state index contributed by atoms with van der Waals surface area (Å²) in [4.78, 5) is 4.28. The van der Waals surface area contributed by atoms with Crippen LogP contribution in [0.4, 0.5) is 0 Å². The van der Waals surface area contributed by atoms with Gasteiger partial charge in [0.1, 0.15) is 9.84 Å². The van der Waals surface area contributed by atoms with Gasteiger partial charge in [-0.3, -0.25) is 4.99 Å². The van der Waals surface area contributed by atoms with Crippen molar-refractivity contribution in [3.63, 3.8) is 0 Å². The first-order valence-electron chi connectivity index (χ1n) is 9.11. The largest absolute Gasteiger partial charge is 0.356 e. The summed E-state index contributed by atoms with van der Waals surface area (Å²) < 4.78 is 22.6. The fraction of sp³-hybridized carbons (Fsp3) is 0.632. The van der Waals surface area contributed by atoms with Gasteiger partial charge in [-0.15, -0.1) is 24.0 Å². The number of nitrogens with one attached hydrogen (secondary N) is 2. The van der Waals surface area contributed by atoms with Crippen molar-refractivity contribution in [2.75, 3.05) is 25.6 Å². The van der Waals surface area contributed by atoms with Gasteiger partial charge in [0.05, 0.1) is 5.75 Å². The molecule has 0 spiro atoms. The standard InChI is InChI=1S/C19H29N3O2S.HI/c1-13(10-11-25(3,23)24)22-19(20-2)21-12-17-16-9-8-14-6-4-5-7-15(14)18(16)17;/h4-7,13,16-18H,8-12H2,1-3H3,(H2,20,21,22);1H. The summed E-state index contributed by atoms with van der Waals surface area (Å²) >= 11 is 0. The molecule has 2 N–H and O–H groups in total. The molecule has 0 heterocycles. The fourth-order valence-electron chi connectivity index (χ4n) is 4.09. The van der Waals surface area contributed by atoms with E-state index in [9.17, 15) is 8.42 Å². The third-order valence-electron chi connectivity index (χ3n) is 5.53. The van der Waals surface area contributed by atoms with E-state index < -0.39 is 9.84 Å². The van der Waals surface area contributed by atoms with Crippen LogP contribution in [0.2, 0.25) is 0 Å². The van der Waals surface area contributed by atoms with Crippen LogP contribution in [0.25, 0.3) is 0 Å². The highest BCUT2D eigenvalue weighted by Crippen LogP contribution is 2.59. The van der Waals surface area contributed by atoms with Crippen LogP contribution in [0.3, 0.4) is 0 Å². The molecule has 146 valence electrons. The maximum absolute atomic E-state index is 11.3. The number of hydrogen-bond acceptors (Lipinski definition) is 3. The SMILES string of the molecule is CN=C(NCC1C2CCc3ccccc3C21)NC(C)CCS(C)(=O)=O.I. The third-order valence-corrected chi connectivity index (χ3v) is 6.50. The van der Waals surface area contributed by atoms with Crippen LogP contribution in [0.1, 0.15) is 36.8 Å². The molecule has 0 radical (unpaired) electrons. The molecule has 2 aliphatic rings. The van der Waals surface area contributed by atoms with Crippen LogP contribution in [0, 0.1) is 11.8 Å². The normalized spacial score (nSPS) is 25.3. The minimum Gasteiger partial charge on any atom is -0.356 e. The van der Waals surface area contributed by atoms with Crippen molar-refractivity contribution in [3.05, 3.63) is 35.4 Å². The molecule has 7 heteroatoms. The van der Waals surface area contributed by atoms with Gasteiger partial charge in [-0.25, -0.2) is 8.42 Å². The van der Waals surface area contributed by atoms with Crippen molar-refractivity contribution in [2.45, 2.75) is 38.1 Å². The van der Waals surface area contributed by atoms with Gasteiger partial charge in [0.15, 0.2) is 5.96 Å². The number of sulfone groups is 1. The zero-order valence-corrected chi connectivity index (χ0v) is 18.9. The van der Waals surface area contributed by atoms with Crippen LogP contribution in [0.5, 0.6) is 0 Å². The highest BCUT2D eigenvalue weighted by molar-refractivity contribution is 14.0. The predicted molar refractivity (Wildman–Crippen MR) is 118 cm³/mol. The van der Waals surface area contributed by atoms with Crippen LogP contribution in [0.15, 0.2) is 29.3 Å². The first-order valence-corrected chi connectivity index (χ1v) is 11.2. The Labute approximate surface area is 174 Å². The van der Waals surface area contributed by atoms with Crippen molar-refractivity contribution in [3.8, 4) is 0 Å². The average molecular weight is 491 g/mol. The molecule has 5 nitrogen and oxygen atoms in total. The molecule has 0 saturated heterocycles. The second-order valence-electron chi connectivity index (χ2n) is 7.51. The Kier molecular flexibility index (Phi) is 7.35. The van der Waals surface area contributed by atoms with Gasteiger partial charge < -0.3 is 10.6 Å². The quantitative estimate of drug-likeness (QED) is 0.365. The number of aryl methyl sites for hydroxylation is 1. The molecule has 1 aromatic rings. The van der Waals surface area contributed by atoms with E-state index in [1.54, 1.807) is 7.05 Å². The van der Waals surface area contributed by atoms with Crippen molar-refractivity contribution < 1.29 is 8.42 Å². The van der Waals surface area contributed by atoms with Crippen LogP contribution in [-0.2, 0) is 16.3 Å². The highest BCUT2D eigenvalue weighted by Gasteiger charge is 2.52. The molecule has 1 fully saturated rings. The summed E-state index contributed by atoms with van der Waals surface area (Å²) in [5, 5.41) is 6.73. The van der Waals surface area contributed by atoms with Crippen LogP contribution < -0.4 is 10.6 Å². The lowest BCUT2D eigenvalue weighted by Crippen LogP contribution is -2.43. The average Bonchev–Trinajstić information content (AvgIpc) is 3.30. The molecule has 0 amide bonds. The summed E-state index contributed by atoms with van der Waals surface area (Å²) in [6.07, 6.45) is 4.34. The summed E-state index contributed by atoms with van der Waals surface area (Å²) in [6.45, 7) is 2.91. The number of nitrogens with zero attached hydrogens (tertiary/aromatic N) is 1. The van der Waals surface area contributed by atoms with E-state index in [1.165, 1.54) is 30.2 Å². The minimum absolute atomic E-state index is 0. The molecule has 2 aliphatic carbocycles. The lowest BCUT2D eigenvalue weighted by molar-refractivity contribution is 0.577. The maximum Gasteiger partial charge on any atom is 0.191 e. The van der Waals surface area contributed by atoms with Crippen molar-refractivity contribution in [1.29, 1.82) is 0 Å². The Balaban J connectivity index is 0.00000243. The Morgan fingerprint density at radius 3 is 2.77 bits per heavy atom. The minimum atomic E-state index is -2.92. The molecule has 3 rings (SSSR count). The van der Waals surface area contributed by atoms with Gasteiger partial charge in [-0.05, 0) is 55.1 Å². The van der Waals surface area contributed by atoms with E-state index in [0.29, 0.717) is 18.3 Å². The summed E-state index contributed by atoms with van der Waals surface area (Å²) in [6, 6.07) is 8.90. The van der Waals surface area contributed by atoms with Crippen molar-refractivity contribution in [2.24, 2.45) is 16.8 Å². The zero-order valence-electron chi connectivity index (χ0n) is 15.7. The Hall–Kier alpha value is -0.830. The van der Waals surface area contributed by atoms with Gasteiger partial charge in [0.25, 0.3) is 0 Å². The number of guanidine groups is 1. The van der Waals surface area contributed by atoms with E-state index in [2.05, 4.69) is 39.9 Å². The molecule has 26 heavy (non-hydrogen) atoms. The molecule has 4 atom stereocenters. The second-order valence-corrected chi connectivity index (χ2v) is 9.77. The molecule has 1 saturated carbocycles. The van der Waals surface area contributed by atoms with Crippen LogP contribution >= 0.6 is 24.0 Å². The molecule has 0 aromatic heterocycles. The van der Waals surface area contributed by atoms with Crippen molar-refractivity contribution in [1.82, 2.24) is 10.6 Å². The summed E-state index contributed by atoms with van der Waals surface area (Å²) in [7, 11) is -1.16. The fourth-order valence-corrected chi connectivity index (χ4v) is 4.87. The predicted octanol–water partition coefficient (Wildman–Crippen LogP) is 2.57. The third kappa shape index (κ3) is 5.34. The first kappa shape index (κ1) is 21.5. The molecular weight excluding hydrogens is 461 g/mol. The highest BCUT2D eigenvalue weighted by atomic mass is 127. The molecule has 0 aliphatic heterocycles. The van der Waals surface area contributed by atoms with Crippen molar-refractivity contribution >= 4 is 39.8 Å². The first-order chi connectivity index (χ1) is 11.9. The van der Waals surface area contributed by atoms with E-state index in [0.717, 1.165) is 18.4 Å². The van der Waals surface area contributed by atoms with E-state index in [1.807, 2.05) is 6.92 Å². The Morgan fingerprint density at radius 1 is 1.35 bits per heavy atom. The summed E-state index contributed by atoms with van der Waals surface area (Å²) in [5.74, 6) is 3.12. The summed E-state index contributed by atoms with van der Waals surface area (Å²) in [5.41, 5.74) is 3.05. The van der Waals surface area contributed by atoms with Gasteiger partial charge in [-0.1, -0.05) is 24.3 Å². The van der Waals surface area contributed by atoms with Gasteiger partial charge >= 0.3 is 0 Å². The number of fused-ring (bicyclic) bond motifs is 3. The Morgan fingerprint density at radius 2 is 2.08 bits per heavy atom.